The van der Waals surface area contributed by atoms with Crippen molar-refractivity contribution in [3.8, 4) is 5.75 Å². The van der Waals surface area contributed by atoms with E-state index >= 15 is 0 Å². The van der Waals surface area contributed by atoms with Crippen molar-refractivity contribution in [2.24, 2.45) is 11.7 Å². The molecule has 0 bridgehead atoms. The Hall–Kier alpha value is -1.55. The average Bonchev–Trinajstić information content (AvgIpc) is 2.47. The van der Waals surface area contributed by atoms with Crippen LogP contribution in [0.4, 0.5) is 0 Å². The highest BCUT2D eigenvalue weighted by Gasteiger charge is 2.23. The maximum absolute atomic E-state index is 11.8. The zero-order valence-corrected chi connectivity index (χ0v) is 11.9. The van der Waals surface area contributed by atoms with Gasteiger partial charge in [-0.3, -0.25) is 4.79 Å². The first-order valence-corrected chi connectivity index (χ1v) is 7.46. The van der Waals surface area contributed by atoms with Crippen molar-refractivity contribution in [3.05, 3.63) is 30.3 Å². The molecule has 0 aromatic heterocycles. The van der Waals surface area contributed by atoms with E-state index in [9.17, 15) is 4.79 Å². The van der Waals surface area contributed by atoms with Crippen LogP contribution in [0.25, 0.3) is 0 Å². The molecule has 3 N–H and O–H groups in total. The summed E-state index contributed by atoms with van der Waals surface area (Å²) >= 11 is 0. The number of carbonyl (C=O) groups excluding carboxylic acids is 1. The highest BCUT2D eigenvalue weighted by Crippen LogP contribution is 2.25. The smallest absolute Gasteiger partial charge is 0.220 e. The summed E-state index contributed by atoms with van der Waals surface area (Å²) in [5.74, 6) is 1.26. The molecule has 0 saturated heterocycles. The van der Waals surface area contributed by atoms with Gasteiger partial charge in [-0.05, 0) is 30.9 Å². The third-order valence-electron chi connectivity index (χ3n) is 3.85. The lowest BCUT2D eigenvalue weighted by Gasteiger charge is -2.27. The highest BCUT2D eigenvalue weighted by atomic mass is 16.5. The van der Waals surface area contributed by atoms with Crippen LogP contribution in [0.1, 0.15) is 32.1 Å². The van der Waals surface area contributed by atoms with Crippen LogP contribution in [0.2, 0.25) is 0 Å². The van der Waals surface area contributed by atoms with E-state index in [1.54, 1.807) is 0 Å². The Morgan fingerprint density at radius 2 is 2.00 bits per heavy atom. The molecule has 1 aliphatic rings. The molecule has 1 saturated carbocycles. The van der Waals surface area contributed by atoms with E-state index in [1.807, 2.05) is 30.3 Å². The summed E-state index contributed by atoms with van der Waals surface area (Å²) < 4.78 is 5.53. The van der Waals surface area contributed by atoms with Crippen LogP contribution in [-0.4, -0.2) is 25.1 Å². The van der Waals surface area contributed by atoms with Crippen LogP contribution in [0, 0.1) is 5.92 Å². The summed E-state index contributed by atoms with van der Waals surface area (Å²) in [7, 11) is 0. The van der Waals surface area contributed by atoms with Crippen molar-refractivity contribution in [2.75, 3.05) is 13.2 Å². The summed E-state index contributed by atoms with van der Waals surface area (Å²) in [6, 6.07) is 9.81. The molecular weight excluding hydrogens is 252 g/mol. The van der Waals surface area contributed by atoms with Gasteiger partial charge in [-0.2, -0.15) is 0 Å². The normalized spacial score (nSPS) is 22.2. The van der Waals surface area contributed by atoms with Crippen LogP contribution in [0.5, 0.6) is 5.75 Å². The maximum Gasteiger partial charge on any atom is 0.220 e. The Morgan fingerprint density at radius 3 is 2.75 bits per heavy atom. The van der Waals surface area contributed by atoms with Gasteiger partial charge in [0.15, 0.2) is 0 Å². The molecular formula is C16H24N2O2. The number of amides is 1. The molecule has 0 heterocycles. The average molecular weight is 276 g/mol. The van der Waals surface area contributed by atoms with Gasteiger partial charge in [-0.1, -0.05) is 31.0 Å². The van der Waals surface area contributed by atoms with E-state index in [2.05, 4.69) is 5.32 Å². The van der Waals surface area contributed by atoms with Gasteiger partial charge in [0, 0.05) is 12.5 Å². The Bertz CT molecular complexity index is 408. The summed E-state index contributed by atoms with van der Waals surface area (Å²) in [5, 5.41) is 2.90. The van der Waals surface area contributed by atoms with Crippen LogP contribution in [0.15, 0.2) is 30.3 Å². The van der Waals surface area contributed by atoms with Crippen molar-refractivity contribution in [1.82, 2.24) is 5.32 Å². The summed E-state index contributed by atoms with van der Waals surface area (Å²) in [4.78, 5) is 11.8. The molecule has 0 radical (unpaired) electrons. The number of rotatable bonds is 6. The zero-order valence-electron chi connectivity index (χ0n) is 11.9. The first kappa shape index (κ1) is 14.9. The van der Waals surface area contributed by atoms with E-state index in [0.717, 1.165) is 18.6 Å². The maximum atomic E-state index is 11.8. The number of benzene rings is 1. The zero-order chi connectivity index (χ0) is 14.2. The lowest BCUT2D eigenvalue weighted by atomic mass is 9.83. The van der Waals surface area contributed by atoms with E-state index < -0.39 is 0 Å². The monoisotopic (exact) mass is 276 g/mol. The minimum Gasteiger partial charge on any atom is -0.492 e. The Balaban J connectivity index is 1.60. The number of para-hydroxylation sites is 1. The van der Waals surface area contributed by atoms with Crippen molar-refractivity contribution in [1.29, 1.82) is 0 Å². The van der Waals surface area contributed by atoms with Gasteiger partial charge < -0.3 is 15.8 Å². The second-order valence-corrected chi connectivity index (χ2v) is 5.42. The standard InChI is InChI=1S/C16H24N2O2/c17-15-9-5-4-6-13(15)12-16(19)18-10-11-20-14-7-2-1-3-8-14/h1-3,7-8,13,15H,4-6,9-12,17H2,(H,18,19). The van der Waals surface area contributed by atoms with E-state index in [0.29, 0.717) is 25.5 Å². The number of nitrogens with one attached hydrogen (secondary N) is 1. The van der Waals surface area contributed by atoms with Crippen molar-refractivity contribution in [3.63, 3.8) is 0 Å². The number of hydrogen-bond acceptors (Lipinski definition) is 3. The fourth-order valence-corrected chi connectivity index (χ4v) is 2.68. The van der Waals surface area contributed by atoms with Gasteiger partial charge >= 0.3 is 0 Å². The second kappa shape index (κ2) is 7.90. The predicted molar refractivity (Wildman–Crippen MR) is 79.5 cm³/mol. The highest BCUT2D eigenvalue weighted by molar-refractivity contribution is 5.76. The van der Waals surface area contributed by atoms with Gasteiger partial charge in [0.1, 0.15) is 12.4 Å². The van der Waals surface area contributed by atoms with Crippen LogP contribution < -0.4 is 15.8 Å². The van der Waals surface area contributed by atoms with Crippen LogP contribution in [-0.2, 0) is 4.79 Å². The second-order valence-electron chi connectivity index (χ2n) is 5.42. The molecule has 4 nitrogen and oxygen atoms in total. The van der Waals surface area contributed by atoms with Gasteiger partial charge in [0.2, 0.25) is 5.91 Å². The van der Waals surface area contributed by atoms with Gasteiger partial charge in [-0.15, -0.1) is 0 Å². The van der Waals surface area contributed by atoms with E-state index in [-0.39, 0.29) is 11.9 Å². The molecule has 0 aliphatic heterocycles. The molecule has 0 spiro atoms. The third kappa shape index (κ3) is 4.85. The number of hydrogen-bond donors (Lipinski definition) is 2. The SMILES string of the molecule is NC1CCCCC1CC(=O)NCCOc1ccccc1. The Kier molecular flexibility index (Phi) is 5.87. The van der Waals surface area contributed by atoms with Gasteiger partial charge in [0.25, 0.3) is 0 Å². The summed E-state index contributed by atoms with van der Waals surface area (Å²) in [6.45, 7) is 1.03. The number of nitrogens with two attached hydrogens (primary N) is 1. The fraction of sp³-hybridized carbons (Fsp3) is 0.562. The quantitative estimate of drug-likeness (QED) is 0.782. The molecule has 1 aromatic rings. The minimum absolute atomic E-state index is 0.0870. The molecule has 1 amide bonds. The van der Waals surface area contributed by atoms with Crippen LogP contribution in [0.3, 0.4) is 0 Å². The van der Waals surface area contributed by atoms with Crippen molar-refractivity contribution < 1.29 is 9.53 Å². The molecule has 2 unspecified atom stereocenters. The first-order chi connectivity index (χ1) is 9.75. The molecule has 110 valence electrons. The predicted octanol–water partition coefficient (Wildman–Crippen LogP) is 2.09. The first-order valence-electron chi connectivity index (χ1n) is 7.46. The van der Waals surface area contributed by atoms with Crippen molar-refractivity contribution in [2.45, 2.75) is 38.1 Å². The van der Waals surface area contributed by atoms with E-state index in [1.165, 1.54) is 12.8 Å². The Morgan fingerprint density at radius 1 is 1.25 bits per heavy atom. The summed E-state index contributed by atoms with van der Waals surface area (Å²) in [6.07, 6.45) is 5.07. The molecule has 2 atom stereocenters. The summed E-state index contributed by atoms with van der Waals surface area (Å²) in [5.41, 5.74) is 6.05. The van der Waals surface area contributed by atoms with Crippen LogP contribution >= 0.6 is 0 Å². The molecule has 1 aromatic carbocycles. The van der Waals surface area contributed by atoms with Crippen molar-refractivity contribution >= 4 is 5.91 Å². The lowest BCUT2D eigenvalue weighted by Crippen LogP contribution is -2.37. The molecule has 2 rings (SSSR count). The molecule has 20 heavy (non-hydrogen) atoms. The Labute approximate surface area is 120 Å². The van der Waals surface area contributed by atoms with Gasteiger partial charge in [0.05, 0.1) is 6.54 Å². The topological polar surface area (TPSA) is 64.4 Å². The molecule has 1 aliphatic carbocycles. The third-order valence-corrected chi connectivity index (χ3v) is 3.85. The molecule has 1 fully saturated rings. The lowest BCUT2D eigenvalue weighted by molar-refractivity contribution is -0.122. The van der Waals surface area contributed by atoms with E-state index in [4.69, 9.17) is 10.5 Å². The number of ether oxygens (including phenoxy) is 1. The minimum atomic E-state index is 0.0870. The molecule has 4 heteroatoms. The largest absolute Gasteiger partial charge is 0.492 e. The fourth-order valence-electron chi connectivity index (χ4n) is 2.68. The number of carbonyl (C=O) groups is 1. The van der Waals surface area contributed by atoms with Gasteiger partial charge in [-0.25, -0.2) is 0 Å².